The second kappa shape index (κ2) is 9.52. The van der Waals surface area contributed by atoms with Crippen molar-refractivity contribution in [2.24, 2.45) is 13.0 Å². The van der Waals surface area contributed by atoms with Crippen LogP contribution in [0, 0.1) is 12.8 Å². The van der Waals surface area contributed by atoms with E-state index in [9.17, 15) is 24.6 Å². The topological polar surface area (TPSA) is 121 Å². The number of carbonyl (C=O) groups is 2. The molecule has 1 amide bonds. The summed E-state index contributed by atoms with van der Waals surface area (Å²) >= 11 is 0. The summed E-state index contributed by atoms with van der Waals surface area (Å²) in [7, 11) is 1.51. The van der Waals surface area contributed by atoms with Crippen LogP contribution in [0.4, 0.5) is 5.69 Å². The highest BCUT2D eigenvalue weighted by atomic mass is 16.5. The Morgan fingerprint density at radius 2 is 1.86 bits per heavy atom. The highest BCUT2D eigenvalue weighted by Crippen LogP contribution is 2.40. The highest BCUT2D eigenvalue weighted by molar-refractivity contribution is 5.98. The van der Waals surface area contributed by atoms with Gasteiger partial charge in [-0.05, 0) is 76.6 Å². The van der Waals surface area contributed by atoms with Crippen LogP contribution in [0.2, 0.25) is 0 Å². The number of aliphatic carboxylic acids is 1. The SMILES string of the molecule is Cc1c(-c2ccc3c(c2)N(CC(C)(C)O)CCO3)c(CC(=O)O)n(C)c(=O)c1C(=O)NC(C)(C)C1CC1. The molecule has 1 aromatic heterocycles. The molecule has 9 heteroatoms. The number of hydrogen-bond acceptors (Lipinski definition) is 6. The van der Waals surface area contributed by atoms with Gasteiger partial charge in [-0.3, -0.25) is 14.4 Å². The molecule has 200 valence electrons. The number of anilines is 1. The van der Waals surface area contributed by atoms with E-state index in [0.717, 1.165) is 18.5 Å². The van der Waals surface area contributed by atoms with Gasteiger partial charge in [0.25, 0.3) is 11.5 Å². The largest absolute Gasteiger partial charge is 0.490 e. The van der Waals surface area contributed by atoms with Crippen molar-refractivity contribution >= 4 is 17.6 Å². The molecule has 0 bridgehead atoms. The summed E-state index contributed by atoms with van der Waals surface area (Å²) in [6.07, 6.45) is 1.69. The molecule has 1 saturated carbocycles. The van der Waals surface area contributed by atoms with E-state index in [1.54, 1.807) is 20.8 Å². The minimum Gasteiger partial charge on any atom is -0.490 e. The second-order valence-corrected chi connectivity index (χ2v) is 11.5. The van der Waals surface area contributed by atoms with Gasteiger partial charge in [-0.15, -0.1) is 0 Å². The van der Waals surface area contributed by atoms with Gasteiger partial charge in [-0.2, -0.15) is 0 Å². The fraction of sp³-hybridized carbons (Fsp3) is 0.536. The maximum absolute atomic E-state index is 13.4. The fourth-order valence-electron chi connectivity index (χ4n) is 5.28. The maximum atomic E-state index is 13.4. The number of β-amino-alcohol motifs (C(OH)–C–C–N with tert-alkyl or cyclic N) is 1. The number of ether oxygens (including phenoxy) is 1. The first-order chi connectivity index (χ1) is 17.2. The molecule has 1 fully saturated rings. The zero-order chi connectivity index (χ0) is 27.3. The highest BCUT2D eigenvalue weighted by Gasteiger charge is 2.39. The molecular formula is C28H37N3O6. The van der Waals surface area contributed by atoms with Crippen molar-refractivity contribution in [1.82, 2.24) is 9.88 Å². The lowest BCUT2D eigenvalue weighted by Crippen LogP contribution is -2.47. The smallest absolute Gasteiger partial charge is 0.309 e. The first-order valence-corrected chi connectivity index (χ1v) is 12.7. The Morgan fingerprint density at radius 1 is 1.19 bits per heavy atom. The van der Waals surface area contributed by atoms with Crippen LogP contribution >= 0.6 is 0 Å². The Bertz CT molecular complexity index is 1300. The molecule has 37 heavy (non-hydrogen) atoms. The quantitative estimate of drug-likeness (QED) is 0.498. The van der Waals surface area contributed by atoms with Crippen LogP contribution in [0.15, 0.2) is 23.0 Å². The summed E-state index contributed by atoms with van der Waals surface area (Å²) in [5.74, 6) is -0.504. The molecule has 3 N–H and O–H groups in total. The van der Waals surface area contributed by atoms with E-state index in [2.05, 4.69) is 5.32 Å². The average Bonchev–Trinajstić information content (AvgIpc) is 3.62. The molecule has 0 radical (unpaired) electrons. The van der Waals surface area contributed by atoms with Gasteiger partial charge in [-0.25, -0.2) is 0 Å². The van der Waals surface area contributed by atoms with E-state index in [1.807, 2.05) is 36.9 Å². The lowest BCUT2D eigenvalue weighted by Gasteiger charge is -2.35. The van der Waals surface area contributed by atoms with Crippen molar-refractivity contribution in [3.63, 3.8) is 0 Å². The molecule has 1 aromatic carbocycles. The molecule has 0 saturated heterocycles. The van der Waals surface area contributed by atoms with Crippen molar-refractivity contribution in [3.05, 3.63) is 45.4 Å². The van der Waals surface area contributed by atoms with E-state index in [-0.39, 0.29) is 12.0 Å². The van der Waals surface area contributed by atoms with E-state index in [0.29, 0.717) is 53.7 Å². The summed E-state index contributed by atoms with van der Waals surface area (Å²) in [6.45, 7) is 10.5. The molecule has 1 aliphatic heterocycles. The predicted octanol–water partition coefficient (Wildman–Crippen LogP) is 2.88. The molecule has 0 atom stereocenters. The predicted molar refractivity (Wildman–Crippen MR) is 141 cm³/mol. The third-order valence-electron chi connectivity index (χ3n) is 7.33. The average molecular weight is 512 g/mol. The van der Waals surface area contributed by atoms with Crippen LogP contribution in [0.5, 0.6) is 5.75 Å². The molecule has 2 heterocycles. The Morgan fingerprint density at radius 3 is 2.46 bits per heavy atom. The van der Waals surface area contributed by atoms with Gasteiger partial charge >= 0.3 is 5.97 Å². The van der Waals surface area contributed by atoms with E-state index in [1.165, 1.54) is 11.6 Å². The molecule has 0 spiro atoms. The first kappa shape index (κ1) is 26.7. The van der Waals surface area contributed by atoms with Gasteiger partial charge in [0.1, 0.15) is 17.9 Å². The number of amides is 1. The van der Waals surface area contributed by atoms with Gasteiger partial charge < -0.3 is 29.7 Å². The number of carbonyl (C=O) groups excluding carboxylic acids is 1. The van der Waals surface area contributed by atoms with E-state index >= 15 is 0 Å². The number of carboxylic acid groups (broad SMARTS) is 1. The van der Waals surface area contributed by atoms with E-state index in [4.69, 9.17) is 4.74 Å². The Kier molecular flexibility index (Phi) is 6.88. The summed E-state index contributed by atoms with van der Waals surface area (Å²) in [4.78, 5) is 40.7. The van der Waals surface area contributed by atoms with Crippen LogP contribution in [-0.4, -0.2) is 57.5 Å². The summed E-state index contributed by atoms with van der Waals surface area (Å²) in [5, 5.41) is 23.1. The number of carboxylic acids is 1. The van der Waals surface area contributed by atoms with Crippen LogP contribution in [0.25, 0.3) is 11.1 Å². The minimum atomic E-state index is -1.08. The number of fused-ring (bicyclic) bond motifs is 1. The summed E-state index contributed by atoms with van der Waals surface area (Å²) in [5.41, 5.74) is 0.837. The maximum Gasteiger partial charge on any atom is 0.309 e. The van der Waals surface area contributed by atoms with Crippen molar-refractivity contribution in [1.29, 1.82) is 0 Å². The van der Waals surface area contributed by atoms with Gasteiger partial charge in [0.2, 0.25) is 0 Å². The van der Waals surface area contributed by atoms with Crippen LogP contribution in [0.1, 0.15) is 62.2 Å². The molecule has 4 rings (SSSR count). The van der Waals surface area contributed by atoms with Crippen LogP contribution in [0.3, 0.4) is 0 Å². The molecule has 9 nitrogen and oxygen atoms in total. The number of hydrogen-bond donors (Lipinski definition) is 3. The number of pyridine rings is 1. The number of aliphatic hydroxyl groups is 1. The lowest BCUT2D eigenvalue weighted by atomic mass is 9.91. The first-order valence-electron chi connectivity index (χ1n) is 12.7. The second-order valence-electron chi connectivity index (χ2n) is 11.5. The van der Waals surface area contributed by atoms with Crippen molar-refractivity contribution in [2.75, 3.05) is 24.6 Å². The monoisotopic (exact) mass is 511 g/mol. The van der Waals surface area contributed by atoms with Crippen molar-refractivity contribution in [3.8, 4) is 16.9 Å². The van der Waals surface area contributed by atoms with Gasteiger partial charge in [0, 0.05) is 30.4 Å². The third kappa shape index (κ3) is 5.51. The Hall–Kier alpha value is -3.33. The lowest BCUT2D eigenvalue weighted by molar-refractivity contribution is -0.136. The van der Waals surface area contributed by atoms with Crippen molar-refractivity contribution < 1.29 is 24.5 Å². The third-order valence-corrected chi connectivity index (χ3v) is 7.33. The fourth-order valence-corrected chi connectivity index (χ4v) is 5.28. The van der Waals surface area contributed by atoms with Gasteiger partial charge in [0.05, 0.1) is 24.3 Å². The van der Waals surface area contributed by atoms with Crippen LogP contribution < -0.4 is 20.5 Å². The molecule has 2 aromatic rings. The standard InChI is InChI=1S/C28H37N3O6/c1-16-23(17-7-10-21-19(13-17)31(11-12-37-21)15-27(2,3)36)20(14-22(32)33)30(6)26(35)24(16)25(34)29-28(4,5)18-8-9-18/h7,10,13,18,36H,8-9,11-12,14-15H2,1-6H3,(H,29,34)(H,32,33). The van der Waals surface area contributed by atoms with Crippen LogP contribution in [-0.2, 0) is 18.3 Å². The Labute approximate surface area is 217 Å². The van der Waals surface area contributed by atoms with Gasteiger partial charge in [0.15, 0.2) is 0 Å². The number of nitrogens with one attached hydrogen (secondary N) is 1. The minimum absolute atomic E-state index is 0.0164. The summed E-state index contributed by atoms with van der Waals surface area (Å²) < 4.78 is 7.11. The molecule has 2 aliphatic rings. The zero-order valence-electron chi connectivity index (χ0n) is 22.5. The molecule has 0 unspecified atom stereocenters. The molecular weight excluding hydrogens is 474 g/mol. The van der Waals surface area contributed by atoms with E-state index < -0.39 is 28.6 Å². The zero-order valence-corrected chi connectivity index (χ0v) is 22.5. The number of rotatable bonds is 8. The number of benzene rings is 1. The number of nitrogens with zero attached hydrogens (tertiary/aromatic N) is 2. The summed E-state index contributed by atoms with van der Waals surface area (Å²) in [6, 6.07) is 5.51. The number of aromatic nitrogens is 1. The van der Waals surface area contributed by atoms with Gasteiger partial charge in [-0.1, -0.05) is 6.07 Å². The Balaban J connectivity index is 1.88. The normalized spacial score (nSPS) is 15.7. The van der Waals surface area contributed by atoms with Crippen molar-refractivity contribution in [2.45, 2.75) is 65.0 Å². The molecule has 1 aliphatic carbocycles.